The molecule has 2 aliphatic rings. The monoisotopic (exact) mass is 832 g/mol. The lowest BCUT2D eigenvalue weighted by atomic mass is 9.97. The van der Waals surface area contributed by atoms with Crippen LogP contribution in [0.3, 0.4) is 0 Å². The van der Waals surface area contributed by atoms with Crippen LogP contribution < -0.4 is 10.2 Å². The Kier molecular flexibility index (Phi) is 16.2. The van der Waals surface area contributed by atoms with Crippen molar-refractivity contribution in [3.8, 4) is 11.4 Å². The third kappa shape index (κ3) is 13.5. The molecule has 2 atom stereocenters. The number of anilines is 1. The van der Waals surface area contributed by atoms with Crippen LogP contribution in [0, 0.1) is 10.8 Å². The molecule has 2 N–H and O–H groups in total. The highest BCUT2D eigenvalue weighted by Gasteiger charge is 2.35. The normalized spacial score (nSPS) is 16.8. The predicted octanol–water partition coefficient (Wildman–Crippen LogP) is 4.08. The maximum atomic E-state index is 14.2. The summed E-state index contributed by atoms with van der Waals surface area (Å²) in [7, 11) is -2.47. The van der Waals surface area contributed by atoms with Gasteiger partial charge in [0.2, 0.25) is 5.91 Å². The number of ether oxygens (including phenoxy) is 3. The third-order valence-electron chi connectivity index (χ3n) is 9.37. The summed E-state index contributed by atoms with van der Waals surface area (Å²) in [5, 5.41) is 12.3. The van der Waals surface area contributed by atoms with Gasteiger partial charge in [-0.1, -0.05) is 30.3 Å². The van der Waals surface area contributed by atoms with Crippen molar-refractivity contribution in [3.05, 3.63) is 42.1 Å². The number of hydrogen-bond acceptors (Lipinski definition) is 14. The quantitative estimate of drug-likeness (QED) is 0.130. The molecule has 1 aromatic heterocycles. The molecule has 2 fully saturated rings. The largest absolute Gasteiger partial charge is 0.465 e. The number of aromatic nitrogens is 2. The molecule has 0 aliphatic carbocycles. The van der Waals surface area contributed by atoms with Gasteiger partial charge in [-0.15, -0.1) is 0 Å². The summed E-state index contributed by atoms with van der Waals surface area (Å²) >= 11 is 0. The fraction of sp³-hybridized carbons (Fsp3) is 0.615. The van der Waals surface area contributed by atoms with Crippen LogP contribution in [-0.4, -0.2) is 146 Å². The molecule has 0 saturated carbocycles. The van der Waals surface area contributed by atoms with Gasteiger partial charge in [-0.25, -0.2) is 14.8 Å². The lowest BCUT2D eigenvalue weighted by Crippen LogP contribution is -2.56. The Morgan fingerprint density at radius 3 is 1.93 bits per heavy atom. The van der Waals surface area contributed by atoms with Gasteiger partial charge in [-0.05, 0) is 54.4 Å². The second-order valence-electron chi connectivity index (χ2n) is 16.1. The van der Waals surface area contributed by atoms with E-state index in [4.69, 9.17) is 28.2 Å². The SMILES string of the molecule is CO[C@H]1CCN(c2cc(C(=O)N[C@@H](CCP(=O)(OCCOC(=O)C(C)(C)C)OCCOC(=O)C(C)(C)C)C(=O)N3CCN(C(=O)O)CC3)nc(-c3ccccc3)n2)C1. The Morgan fingerprint density at radius 2 is 1.41 bits per heavy atom. The molecule has 320 valence electrons. The Balaban J connectivity index is 1.59. The fourth-order valence-corrected chi connectivity index (χ4v) is 7.51. The van der Waals surface area contributed by atoms with Crippen LogP contribution in [0.4, 0.5) is 10.6 Å². The van der Waals surface area contributed by atoms with Gasteiger partial charge in [0.05, 0.1) is 36.3 Å². The smallest absolute Gasteiger partial charge is 0.407 e. The first-order valence-electron chi connectivity index (χ1n) is 19.3. The number of nitrogens with zero attached hydrogens (tertiary/aromatic N) is 5. The van der Waals surface area contributed by atoms with Crippen LogP contribution in [0.15, 0.2) is 36.4 Å². The first-order chi connectivity index (χ1) is 27.3. The number of amides is 3. The summed E-state index contributed by atoms with van der Waals surface area (Å²) < 4.78 is 41.7. The number of benzene rings is 1. The van der Waals surface area contributed by atoms with Crippen LogP contribution in [0.1, 0.15) is 64.9 Å². The van der Waals surface area contributed by atoms with Gasteiger partial charge in [0, 0.05) is 58.0 Å². The third-order valence-corrected chi connectivity index (χ3v) is 11.3. The minimum absolute atomic E-state index is 0.0183. The second-order valence-corrected chi connectivity index (χ2v) is 18.3. The van der Waals surface area contributed by atoms with Gasteiger partial charge in [-0.2, -0.15) is 0 Å². The van der Waals surface area contributed by atoms with E-state index in [0.29, 0.717) is 30.3 Å². The van der Waals surface area contributed by atoms with Crippen molar-refractivity contribution in [3.63, 3.8) is 0 Å². The summed E-state index contributed by atoms with van der Waals surface area (Å²) in [5.41, 5.74) is -0.922. The minimum atomic E-state index is -4.11. The number of rotatable bonds is 17. The van der Waals surface area contributed by atoms with E-state index in [2.05, 4.69) is 10.3 Å². The van der Waals surface area contributed by atoms with E-state index in [1.807, 2.05) is 35.2 Å². The van der Waals surface area contributed by atoms with Gasteiger partial charge in [-0.3, -0.25) is 23.7 Å². The van der Waals surface area contributed by atoms with Gasteiger partial charge in [0.1, 0.15) is 30.8 Å². The van der Waals surface area contributed by atoms with Crippen molar-refractivity contribution < 1.29 is 56.9 Å². The van der Waals surface area contributed by atoms with Crippen molar-refractivity contribution in [1.82, 2.24) is 25.1 Å². The molecule has 19 heteroatoms. The zero-order valence-corrected chi connectivity index (χ0v) is 35.3. The number of carbonyl (C=O) groups excluding carboxylic acids is 4. The number of carboxylic acid groups (broad SMARTS) is 1. The molecule has 4 rings (SSSR count). The van der Waals surface area contributed by atoms with Crippen molar-refractivity contribution in [2.24, 2.45) is 10.8 Å². The molecule has 3 heterocycles. The minimum Gasteiger partial charge on any atom is -0.465 e. The summed E-state index contributed by atoms with van der Waals surface area (Å²) in [6, 6.07) is 9.39. The highest BCUT2D eigenvalue weighted by atomic mass is 31.2. The highest BCUT2D eigenvalue weighted by Crippen LogP contribution is 2.49. The molecule has 1 aromatic carbocycles. The van der Waals surface area contributed by atoms with Gasteiger partial charge >= 0.3 is 25.6 Å². The topological polar surface area (TPSA) is 216 Å². The molecule has 0 unspecified atom stereocenters. The summed E-state index contributed by atoms with van der Waals surface area (Å²) in [6.45, 7) is 10.4. The zero-order chi connectivity index (χ0) is 42.7. The van der Waals surface area contributed by atoms with Crippen LogP contribution >= 0.6 is 7.60 Å². The molecule has 3 amide bonds. The fourth-order valence-electron chi connectivity index (χ4n) is 5.89. The molecule has 2 aromatic rings. The molecular weight excluding hydrogens is 775 g/mol. The maximum Gasteiger partial charge on any atom is 0.407 e. The van der Waals surface area contributed by atoms with E-state index in [1.165, 1.54) is 9.80 Å². The predicted molar refractivity (Wildman–Crippen MR) is 212 cm³/mol. The number of methoxy groups -OCH3 is 1. The van der Waals surface area contributed by atoms with Gasteiger partial charge in [0.25, 0.3) is 5.91 Å². The molecular formula is C39H57N6O12P. The average Bonchev–Trinajstić information content (AvgIpc) is 3.68. The van der Waals surface area contributed by atoms with E-state index in [-0.39, 0.29) is 77.0 Å². The summed E-state index contributed by atoms with van der Waals surface area (Å²) in [6.07, 6.45) is -0.994. The van der Waals surface area contributed by atoms with Crippen molar-refractivity contribution in [2.45, 2.75) is 66.5 Å². The number of esters is 2. The molecule has 2 saturated heterocycles. The molecule has 2 aliphatic heterocycles. The Labute approximate surface area is 339 Å². The average molecular weight is 833 g/mol. The van der Waals surface area contributed by atoms with Crippen molar-refractivity contribution in [2.75, 3.05) is 83.9 Å². The van der Waals surface area contributed by atoms with E-state index < -0.39 is 54.3 Å². The summed E-state index contributed by atoms with van der Waals surface area (Å²) in [5.74, 6) is -1.44. The zero-order valence-electron chi connectivity index (χ0n) is 34.4. The van der Waals surface area contributed by atoms with Crippen LogP contribution in [0.2, 0.25) is 0 Å². The van der Waals surface area contributed by atoms with Gasteiger partial charge < -0.3 is 48.4 Å². The second kappa shape index (κ2) is 20.4. The maximum absolute atomic E-state index is 14.2. The van der Waals surface area contributed by atoms with Gasteiger partial charge in [0.15, 0.2) is 5.82 Å². The molecule has 0 spiro atoms. The van der Waals surface area contributed by atoms with E-state index >= 15 is 0 Å². The molecule has 0 radical (unpaired) electrons. The van der Waals surface area contributed by atoms with Crippen molar-refractivity contribution in [1.29, 1.82) is 0 Å². The summed E-state index contributed by atoms with van der Waals surface area (Å²) in [4.78, 5) is 78.5. The Hall–Kier alpha value is -4.64. The Bertz CT molecular complexity index is 1750. The molecule has 18 nitrogen and oxygen atoms in total. The van der Waals surface area contributed by atoms with Crippen molar-refractivity contribution >= 4 is 43.3 Å². The number of carbonyl (C=O) groups is 5. The van der Waals surface area contributed by atoms with Crippen LogP contribution in [-0.2, 0) is 42.2 Å². The number of piperazine rings is 1. The van der Waals surface area contributed by atoms with E-state index in [1.54, 1.807) is 54.7 Å². The first-order valence-corrected chi connectivity index (χ1v) is 21.0. The lowest BCUT2D eigenvalue weighted by Gasteiger charge is -2.35. The van der Waals surface area contributed by atoms with Crippen LogP contribution in [0.5, 0.6) is 0 Å². The lowest BCUT2D eigenvalue weighted by molar-refractivity contribution is -0.154. The number of hydrogen-bond donors (Lipinski definition) is 2. The molecule has 0 bridgehead atoms. The van der Waals surface area contributed by atoms with Crippen LogP contribution in [0.25, 0.3) is 11.4 Å². The molecule has 58 heavy (non-hydrogen) atoms. The van der Waals surface area contributed by atoms with E-state index in [0.717, 1.165) is 6.42 Å². The first kappa shape index (κ1) is 46.1. The Morgan fingerprint density at radius 1 is 0.845 bits per heavy atom. The van der Waals surface area contributed by atoms with E-state index in [9.17, 15) is 33.6 Å². The standard InChI is InChI=1S/C39H57N6O12P/c1-38(2,3)35(48)54-20-22-56-58(52,57-23-21-55-36(49)39(4,5)6)24-14-29(34(47)43-16-18-44(19-17-43)37(50)51)41-33(46)30-25-31(45-15-13-28(26-45)53-7)42-32(40-30)27-11-9-8-10-12-27/h8-12,25,28-29H,13-24,26H2,1-7H3,(H,41,46)(H,50,51)/t28-,29-/m0/s1. The number of nitrogens with one attached hydrogen (secondary N) is 1. The highest BCUT2D eigenvalue weighted by molar-refractivity contribution is 7.53.